The normalized spacial score (nSPS) is 10.9. The fraction of sp³-hybridized carbons (Fsp3) is 0.100. The summed E-state index contributed by atoms with van der Waals surface area (Å²) in [7, 11) is 0. The molecule has 0 bridgehead atoms. The van der Waals surface area contributed by atoms with Crippen LogP contribution in [0.1, 0.15) is 16.1 Å². The van der Waals surface area contributed by atoms with E-state index < -0.39 is 0 Å². The summed E-state index contributed by atoms with van der Waals surface area (Å²) in [5.74, 6) is 1.31. The molecule has 0 amide bonds. The van der Waals surface area contributed by atoms with Crippen LogP contribution < -0.4 is 0 Å². The quantitative estimate of drug-likeness (QED) is 0.241. The standard InChI is InChI=1S/C20H14ClN3O3S/c1-12-9-18(27-24-12)15-10-22-20(23-19(15)17-3-2-8-26-17)28-11-16(25)13-4-6-14(21)7-5-13/h2-10H,11H2,1H3. The highest BCUT2D eigenvalue weighted by atomic mass is 35.5. The third kappa shape index (κ3) is 4.00. The summed E-state index contributed by atoms with van der Waals surface area (Å²) in [6.07, 6.45) is 3.23. The van der Waals surface area contributed by atoms with E-state index in [0.29, 0.717) is 38.5 Å². The van der Waals surface area contributed by atoms with Crippen LogP contribution in [0.3, 0.4) is 0 Å². The van der Waals surface area contributed by atoms with Gasteiger partial charge in [0.1, 0.15) is 5.69 Å². The van der Waals surface area contributed by atoms with Crippen LogP contribution in [0.15, 0.2) is 69.0 Å². The molecular weight excluding hydrogens is 398 g/mol. The van der Waals surface area contributed by atoms with E-state index in [1.165, 1.54) is 11.8 Å². The van der Waals surface area contributed by atoms with Crippen LogP contribution in [0.4, 0.5) is 0 Å². The smallest absolute Gasteiger partial charge is 0.188 e. The van der Waals surface area contributed by atoms with Gasteiger partial charge in [0.15, 0.2) is 22.5 Å². The first-order valence-electron chi connectivity index (χ1n) is 8.36. The van der Waals surface area contributed by atoms with Crippen molar-refractivity contribution in [2.24, 2.45) is 0 Å². The molecule has 0 saturated carbocycles. The van der Waals surface area contributed by atoms with Crippen molar-refractivity contribution in [3.05, 3.63) is 71.2 Å². The van der Waals surface area contributed by atoms with Crippen molar-refractivity contribution in [3.8, 4) is 22.8 Å². The summed E-state index contributed by atoms with van der Waals surface area (Å²) in [6.45, 7) is 1.84. The molecule has 0 spiro atoms. The molecule has 0 aliphatic carbocycles. The number of halogens is 1. The highest BCUT2D eigenvalue weighted by Gasteiger charge is 2.18. The zero-order valence-electron chi connectivity index (χ0n) is 14.8. The van der Waals surface area contributed by atoms with Crippen molar-refractivity contribution in [2.75, 3.05) is 5.75 Å². The van der Waals surface area contributed by atoms with Gasteiger partial charge in [0.25, 0.3) is 0 Å². The Kier molecular flexibility index (Phi) is 5.27. The number of benzene rings is 1. The number of carbonyl (C=O) groups is 1. The Morgan fingerprint density at radius 3 is 2.68 bits per heavy atom. The van der Waals surface area contributed by atoms with Gasteiger partial charge in [-0.05, 0) is 43.3 Å². The maximum atomic E-state index is 12.4. The SMILES string of the molecule is Cc1cc(-c2cnc(SCC(=O)c3ccc(Cl)cc3)nc2-c2ccco2)on1. The van der Waals surface area contributed by atoms with Gasteiger partial charge in [0.2, 0.25) is 0 Å². The molecular formula is C20H14ClN3O3S. The molecule has 6 nitrogen and oxygen atoms in total. The minimum Gasteiger partial charge on any atom is -0.463 e. The lowest BCUT2D eigenvalue weighted by atomic mass is 10.1. The molecule has 0 N–H and O–H groups in total. The van der Waals surface area contributed by atoms with Crippen molar-refractivity contribution < 1.29 is 13.7 Å². The number of ketones is 1. The number of thioether (sulfide) groups is 1. The summed E-state index contributed by atoms with van der Waals surface area (Å²) < 4.78 is 10.9. The van der Waals surface area contributed by atoms with E-state index in [4.69, 9.17) is 20.5 Å². The summed E-state index contributed by atoms with van der Waals surface area (Å²) in [5.41, 5.74) is 2.60. The van der Waals surface area contributed by atoms with Gasteiger partial charge in [-0.3, -0.25) is 4.79 Å². The Morgan fingerprint density at radius 1 is 1.18 bits per heavy atom. The zero-order chi connectivity index (χ0) is 19.5. The third-order valence-corrected chi connectivity index (χ3v) is 5.03. The van der Waals surface area contributed by atoms with Crippen LogP contribution >= 0.6 is 23.4 Å². The molecule has 140 valence electrons. The minimum absolute atomic E-state index is 0.0280. The number of aryl methyl sites for hydroxylation is 1. The number of nitrogens with zero attached hydrogens (tertiary/aromatic N) is 3. The predicted molar refractivity (Wildman–Crippen MR) is 106 cm³/mol. The number of hydrogen-bond donors (Lipinski definition) is 0. The number of rotatable bonds is 6. The zero-order valence-corrected chi connectivity index (χ0v) is 16.3. The first kappa shape index (κ1) is 18.5. The molecule has 0 unspecified atom stereocenters. The number of aromatic nitrogens is 3. The van der Waals surface area contributed by atoms with Crippen molar-refractivity contribution in [1.29, 1.82) is 0 Å². The van der Waals surface area contributed by atoms with Crippen molar-refractivity contribution in [1.82, 2.24) is 15.1 Å². The van der Waals surface area contributed by atoms with Gasteiger partial charge in [-0.25, -0.2) is 9.97 Å². The number of hydrogen-bond acceptors (Lipinski definition) is 7. The molecule has 3 aromatic heterocycles. The van der Waals surface area contributed by atoms with Crippen LogP contribution in [0.25, 0.3) is 22.8 Å². The lowest BCUT2D eigenvalue weighted by molar-refractivity contribution is 0.102. The molecule has 0 atom stereocenters. The Hall–Kier alpha value is -2.90. The van der Waals surface area contributed by atoms with Crippen LogP contribution in [-0.4, -0.2) is 26.7 Å². The molecule has 4 rings (SSSR count). The molecule has 4 aromatic rings. The van der Waals surface area contributed by atoms with E-state index in [9.17, 15) is 4.79 Å². The molecule has 0 aliphatic rings. The fourth-order valence-corrected chi connectivity index (χ4v) is 3.39. The van der Waals surface area contributed by atoms with Crippen LogP contribution in [0, 0.1) is 6.92 Å². The topological polar surface area (TPSA) is 82.0 Å². The van der Waals surface area contributed by atoms with Crippen LogP contribution in [-0.2, 0) is 0 Å². The summed E-state index contributed by atoms with van der Waals surface area (Å²) in [5, 5.41) is 4.97. The largest absolute Gasteiger partial charge is 0.463 e. The van der Waals surface area contributed by atoms with E-state index in [2.05, 4.69) is 15.1 Å². The summed E-state index contributed by atoms with van der Waals surface area (Å²) in [6, 6.07) is 12.2. The van der Waals surface area contributed by atoms with Crippen LogP contribution in [0.2, 0.25) is 5.02 Å². The highest BCUT2D eigenvalue weighted by Crippen LogP contribution is 2.32. The number of carbonyl (C=O) groups excluding carboxylic acids is 1. The highest BCUT2D eigenvalue weighted by molar-refractivity contribution is 7.99. The Balaban J connectivity index is 1.59. The lowest BCUT2D eigenvalue weighted by Gasteiger charge is -2.06. The van der Waals surface area contributed by atoms with Gasteiger partial charge in [0.05, 0.1) is 23.3 Å². The van der Waals surface area contributed by atoms with Crippen LogP contribution in [0.5, 0.6) is 0 Å². The van der Waals surface area contributed by atoms with Crippen molar-refractivity contribution in [2.45, 2.75) is 12.1 Å². The van der Waals surface area contributed by atoms with Crippen molar-refractivity contribution >= 4 is 29.1 Å². The maximum Gasteiger partial charge on any atom is 0.188 e. The van der Waals surface area contributed by atoms with Gasteiger partial charge in [-0.15, -0.1) is 0 Å². The summed E-state index contributed by atoms with van der Waals surface area (Å²) in [4.78, 5) is 21.3. The number of furan rings is 1. The third-order valence-electron chi connectivity index (χ3n) is 3.91. The Bertz CT molecular complexity index is 1110. The van der Waals surface area contributed by atoms with E-state index in [0.717, 1.165) is 5.69 Å². The molecule has 0 saturated heterocycles. The van der Waals surface area contributed by atoms with Gasteiger partial charge >= 0.3 is 0 Å². The van der Waals surface area contributed by atoms with Gasteiger partial charge < -0.3 is 8.94 Å². The monoisotopic (exact) mass is 411 g/mol. The molecule has 28 heavy (non-hydrogen) atoms. The first-order chi connectivity index (χ1) is 13.6. The average molecular weight is 412 g/mol. The second kappa shape index (κ2) is 8.00. The Morgan fingerprint density at radius 2 is 2.00 bits per heavy atom. The van der Waals surface area contributed by atoms with Crippen molar-refractivity contribution in [3.63, 3.8) is 0 Å². The molecule has 8 heteroatoms. The minimum atomic E-state index is -0.0280. The van der Waals surface area contributed by atoms with E-state index in [1.807, 2.05) is 19.1 Å². The average Bonchev–Trinajstić information content (AvgIpc) is 3.38. The van der Waals surface area contributed by atoms with E-state index in [1.54, 1.807) is 42.8 Å². The lowest BCUT2D eigenvalue weighted by Crippen LogP contribution is -2.03. The molecule has 1 aromatic carbocycles. The molecule has 0 radical (unpaired) electrons. The van der Waals surface area contributed by atoms with Gasteiger partial charge in [0, 0.05) is 22.8 Å². The predicted octanol–water partition coefficient (Wildman–Crippen LogP) is 5.33. The van der Waals surface area contributed by atoms with E-state index in [-0.39, 0.29) is 11.5 Å². The first-order valence-corrected chi connectivity index (χ1v) is 9.72. The summed E-state index contributed by atoms with van der Waals surface area (Å²) >= 11 is 7.12. The second-order valence-corrected chi connectivity index (χ2v) is 7.32. The maximum absolute atomic E-state index is 12.4. The van der Waals surface area contributed by atoms with Gasteiger partial charge in [-0.1, -0.05) is 28.5 Å². The molecule has 3 heterocycles. The fourth-order valence-electron chi connectivity index (χ4n) is 2.56. The second-order valence-electron chi connectivity index (χ2n) is 5.94. The van der Waals surface area contributed by atoms with E-state index >= 15 is 0 Å². The van der Waals surface area contributed by atoms with Gasteiger partial charge in [-0.2, -0.15) is 0 Å². The molecule has 0 aliphatic heterocycles. The number of Topliss-reactive ketones (excluding diaryl/α,β-unsaturated/α-hetero) is 1. The molecule has 0 fully saturated rings. The Labute approximate surface area is 169 Å².